The third kappa shape index (κ3) is 4.85. The molecule has 0 unspecified atom stereocenters. The molecule has 0 spiro atoms. The topological polar surface area (TPSA) is 50.7 Å². The van der Waals surface area contributed by atoms with E-state index in [9.17, 15) is 9.18 Å². The Morgan fingerprint density at radius 3 is 2.95 bits per heavy atom. The van der Waals surface area contributed by atoms with E-state index in [1.165, 1.54) is 18.7 Å². The largest absolute Gasteiger partial charge is 0.386 e. The number of carbonyl (C=O) groups is 1. The minimum Gasteiger partial charge on any atom is -0.386 e. The van der Waals surface area contributed by atoms with E-state index < -0.39 is 0 Å². The first-order valence-electron chi connectivity index (χ1n) is 7.36. The van der Waals surface area contributed by atoms with E-state index in [1.807, 2.05) is 0 Å². The van der Waals surface area contributed by atoms with Crippen LogP contribution in [0.15, 0.2) is 29.4 Å². The van der Waals surface area contributed by atoms with Gasteiger partial charge in [-0.15, -0.1) is 0 Å². The Bertz CT molecular complexity index is 505. The lowest BCUT2D eigenvalue weighted by atomic mass is 9.86. The summed E-state index contributed by atoms with van der Waals surface area (Å²) in [6, 6.07) is 6.48. The average Bonchev–Trinajstić information content (AvgIpc) is 2.48. The van der Waals surface area contributed by atoms with Crippen molar-refractivity contribution in [3.63, 3.8) is 0 Å². The van der Waals surface area contributed by atoms with Crippen molar-refractivity contribution in [1.82, 2.24) is 5.32 Å². The van der Waals surface area contributed by atoms with Crippen molar-refractivity contribution in [3.8, 4) is 0 Å². The second kappa shape index (κ2) is 7.76. The number of oxime groups is 1. The quantitative estimate of drug-likeness (QED) is 0.670. The van der Waals surface area contributed by atoms with E-state index in [0.717, 1.165) is 19.3 Å². The highest BCUT2D eigenvalue weighted by Gasteiger charge is 2.22. The number of nitrogens with one attached hydrogen (secondary N) is 1. The molecule has 21 heavy (non-hydrogen) atoms. The zero-order chi connectivity index (χ0) is 15.1. The highest BCUT2D eigenvalue weighted by molar-refractivity contribution is 5.80. The van der Waals surface area contributed by atoms with Crippen LogP contribution in [-0.4, -0.2) is 24.8 Å². The van der Waals surface area contributed by atoms with Gasteiger partial charge < -0.3 is 10.2 Å². The number of halogens is 1. The maximum absolute atomic E-state index is 13.3. The smallest absolute Gasteiger partial charge is 0.261 e. The van der Waals surface area contributed by atoms with Crippen LogP contribution in [-0.2, 0) is 9.63 Å². The lowest BCUT2D eigenvalue weighted by Gasteiger charge is -2.29. The van der Waals surface area contributed by atoms with Crippen LogP contribution in [0.1, 0.15) is 38.2 Å². The van der Waals surface area contributed by atoms with Crippen LogP contribution in [0.25, 0.3) is 0 Å². The summed E-state index contributed by atoms with van der Waals surface area (Å²) in [6.07, 6.45) is 5.83. The molecule has 1 fully saturated rings. The number of hydrogen-bond donors (Lipinski definition) is 1. The Hall–Kier alpha value is -1.91. The van der Waals surface area contributed by atoms with Crippen LogP contribution < -0.4 is 5.32 Å². The Labute approximate surface area is 124 Å². The minimum absolute atomic E-state index is 0.145. The predicted molar refractivity (Wildman–Crippen MR) is 79.5 cm³/mol. The van der Waals surface area contributed by atoms with Gasteiger partial charge in [0.2, 0.25) is 0 Å². The first-order chi connectivity index (χ1) is 10.2. The molecule has 0 aliphatic heterocycles. The Morgan fingerprint density at radius 1 is 1.43 bits per heavy atom. The van der Waals surface area contributed by atoms with Gasteiger partial charge in [-0.05, 0) is 24.8 Å². The van der Waals surface area contributed by atoms with Crippen LogP contribution >= 0.6 is 0 Å². The molecule has 5 heteroatoms. The van der Waals surface area contributed by atoms with Gasteiger partial charge >= 0.3 is 0 Å². The van der Waals surface area contributed by atoms with Crippen molar-refractivity contribution in [2.45, 2.75) is 38.6 Å². The SMILES string of the molecule is C[C@@H]1CCCC[C@@H]1NC(=O)CO/N=C\c1ccccc1F. The highest BCUT2D eigenvalue weighted by Crippen LogP contribution is 2.23. The molecule has 0 bridgehead atoms. The average molecular weight is 292 g/mol. The van der Waals surface area contributed by atoms with Crippen molar-refractivity contribution < 1.29 is 14.0 Å². The van der Waals surface area contributed by atoms with Gasteiger partial charge in [-0.3, -0.25) is 4.79 Å². The molecule has 1 aromatic rings. The second-order valence-electron chi connectivity index (χ2n) is 5.47. The number of rotatable bonds is 5. The summed E-state index contributed by atoms with van der Waals surface area (Å²) in [4.78, 5) is 16.7. The van der Waals surface area contributed by atoms with Gasteiger partial charge in [0.15, 0.2) is 6.61 Å². The van der Waals surface area contributed by atoms with Crippen LogP contribution in [0.5, 0.6) is 0 Å². The standard InChI is InChI=1S/C16H21FN2O2/c1-12-6-2-5-9-15(12)19-16(20)11-21-18-10-13-7-3-4-8-14(13)17/h3-4,7-8,10,12,15H,2,5-6,9,11H2,1H3,(H,19,20)/b18-10-/t12-,15+/m1/s1. The normalized spacial score (nSPS) is 22.2. The lowest BCUT2D eigenvalue weighted by molar-refractivity contribution is -0.126. The van der Waals surface area contributed by atoms with Gasteiger partial charge in [0.1, 0.15) is 5.82 Å². The lowest BCUT2D eigenvalue weighted by Crippen LogP contribution is -2.42. The maximum Gasteiger partial charge on any atom is 0.261 e. The first kappa shape index (κ1) is 15.5. The van der Waals surface area contributed by atoms with Crippen LogP contribution in [0.4, 0.5) is 4.39 Å². The van der Waals surface area contributed by atoms with Gasteiger partial charge in [0.05, 0.1) is 6.21 Å². The number of hydrogen-bond acceptors (Lipinski definition) is 3. The van der Waals surface area contributed by atoms with Crippen molar-refractivity contribution in [1.29, 1.82) is 0 Å². The summed E-state index contributed by atoms with van der Waals surface area (Å²) in [7, 11) is 0. The summed E-state index contributed by atoms with van der Waals surface area (Å²) in [5.74, 6) is -0.0469. The third-order valence-corrected chi connectivity index (χ3v) is 3.83. The van der Waals surface area contributed by atoms with E-state index >= 15 is 0 Å². The van der Waals surface area contributed by atoms with Crippen LogP contribution in [0, 0.1) is 11.7 Å². The fourth-order valence-corrected chi connectivity index (χ4v) is 2.55. The molecule has 4 nitrogen and oxygen atoms in total. The van der Waals surface area contributed by atoms with Crippen molar-refractivity contribution in [3.05, 3.63) is 35.6 Å². The number of carbonyl (C=O) groups excluding carboxylic acids is 1. The second-order valence-corrected chi connectivity index (χ2v) is 5.47. The molecule has 1 aromatic carbocycles. The Kier molecular flexibility index (Phi) is 5.72. The molecule has 1 amide bonds. The molecule has 0 heterocycles. The summed E-state index contributed by atoms with van der Waals surface area (Å²) in [5.41, 5.74) is 0.332. The molecule has 0 aromatic heterocycles. The fraction of sp³-hybridized carbons (Fsp3) is 0.500. The monoisotopic (exact) mass is 292 g/mol. The summed E-state index contributed by atoms with van der Waals surface area (Å²) in [6.45, 7) is 2.01. The molecular formula is C16H21FN2O2. The van der Waals surface area contributed by atoms with E-state index in [0.29, 0.717) is 11.5 Å². The van der Waals surface area contributed by atoms with Crippen molar-refractivity contribution >= 4 is 12.1 Å². The van der Waals surface area contributed by atoms with E-state index in [2.05, 4.69) is 17.4 Å². The number of benzene rings is 1. The van der Waals surface area contributed by atoms with E-state index in [4.69, 9.17) is 4.84 Å². The van der Waals surface area contributed by atoms with Gasteiger partial charge in [-0.25, -0.2) is 4.39 Å². The van der Waals surface area contributed by atoms with Gasteiger partial charge in [-0.2, -0.15) is 0 Å². The predicted octanol–water partition coefficient (Wildman–Crippen LogP) is 2.87. The minimum atomic E-state index is -0.370. The summed E-state index contributed by atoms with van der Waals surface area (Å²) < 4.78 is 13.3. The molecule has 0 radical (unpaired) electrons. The molecule has 114 valence electrons. The molecule has 0 saturated heterocycles. The molecule has 2 atom stereocenters. The third-order valence-electron chi connectivity index (χ3n) is 3.83. The number of amides is 1. The zero-order valence-electron chi connectivity index (χ0n) is 12.2. The Morgan fingerprint density at radius 2 is 2.19 bits per heavy atom. The van der Waals surface area contributed by atoms with Gasteiger partial charge in [0.25, 0.3) is 5.91 Å². The van der Waals surface area contributed by atoms with Crippen molar-refractivity contribution in [2.75, 3.05) is 6.61 Å². The molecule has 1 aliphatic rings. The van der Waals surface area contributed by atoms with Crippen LogP contribution in [0.2, 0.25) is 0 Å². The zero-order valence-corrected chi connectivity index (χ0v) is 12.2. The molecule has 1 aliphatic carbocycles. The molecule has 1 saturated carbocycles. The Balaban J connectivity index is 1.73. The summed E-state index contributed by atoms with van der Waals surface area (Å²) in [5, 5.41) is 6.60. The van der Waals surface area contributed by atoms with Crippen LogP contribution in [0.3, 0.4) is 0 Å². The van der Waals surface area contributed by atoms with Gasteiger partial charge in [-0.1, -0.05) is 43.1 Å². The fourth-order valence-electron chi connectivity index (χ4n) is 2.55. The van der Waals surface area contributed by atoms with Crippen molar-refractivity contribution in [2.24, 2.45) is 11.1 Å². The molecule has 1 N–H and O–H groups in total. The summed E-state index contributed by atoms with van der Waals surface area (Å²) >= 11 is 0. The van der Waals surface area contributed by atoms with Gasteiger partial charge in [0, 0.05) is 11.6 Å². The van der Waals surface area contributed by atoms with E-state index in [-0.39, 0.29) is 24.4 Å². The molecular weight excluding hydrogens is 271 g/mol. The van der Waals surface area contributed by atoms with E-state index in [1.54, 1.807) is 18.2 Å². The maximum atomic E-state index is 13.3. The number of nitrogens with zero attached hydrogens (tertiary/aromatic N) is 1. The highest BCUT2D eigenvalue weighted by atomic mass is 19.1. The first-order valence-corrected chi connectivity index (χ1v) is 7.36. The molecule has 2 rings (SSSR count).